The number of nitrogens with zero attached hydrogens (tertiary/aromatic N) is 4. The van der Waals surface area contributed by atoms with E-state index in [1.165, 1.54) is 0 Å². The molecule has 0 N–H and O–H groups in total. The predicted molar refractivity (Wildman–Crippen MR) is 95.8 cm³/mol. The van der Waals surface area contributed by atoms with Crippen LogP contribution in [0, 0.1) is 13.8 Å². The van der Waals surface area contributed by atoms with E-state index in [1.807, 2.05) is 50.4 Å². The first-order chi connectivity index (χ1) is 11.9. The summed E-state index contributed by atoms with van der Waals surface area (Å²) in [7, 11) is 0. The van der Waals surface area contributed by atoms with Gasteiger partial charge in [0.05, 0.1) is 23.0 Å². The number of hydrogen-bond donors (Lipinski definition) is 0. The van der Waals surface area contributed by atoms with E-state index in [-0.39, 0.29) is 12.1 Å². The van der Waals surface area contributed by atoms with Gasteiger partial charge in [-0.15, -0.1) is 10.2 Å². The maximum Gasteiger partial charge on any atom is 0.338 e. The van der Waals surface area contributed by atoms with Crippen molar-refractivity contribution in [3.05, 3.63) is 59.4 Å². The number of benzene rings is 1. The molecule has 0 unspecified atom stereocenters. The molecule has 0 atom stereocenters. The number of esters is 1. The molecule has 2 heterocycles. The predicted octanol–water partition coefficient (Wildman–Crippen LogP) is 4.93. The van der Waals surface area contributed by atoms with Gasteiger partial charge in [-0.05, 0) is 63.6 Å². The number of fused-ring (bicyclic) bond motifs is 1. The van der Waals surface area contributed by atoms with Gasteiger partial charge in [-0.2, -0.15) is 0 Å². The van der Waals surface area contributed by atoms with Gasteiger partial charge in [0.1, 0.15) is 5.65 Å². The Balaban J connectivity index is 1.90. The van der Waals surface area contributed by atoms with Crippen molar-refractivity contribution in [3.8, 4) is 0 Å². The highest BCUT2D eigenvalue weighted by Gasteiger charge is 2.10. The van der Waals surface area contributed by atoms with E-state index in [0.29, 0.717) is 17.1 Å². The molecule has 6 nitrogen and oxygen atoms in total. The Kier molecular flexibility index (Phi) is 4.61. The monoisotopic (exact) mass is 336 g/mol. The summed E-state index contributed by atoms with van der Waals surface area (Å²) < 4.78 is 7.10. The van der Waals surface area contributed by atoms with E-state index in [2.05, 4.69) is 15.2 Å². The van der Waals surface area contributed by atoms with Crippen LogP contribution in [-0.2, 0) is 4.74 Å². The Morgan fingerprint density at radius 3 is 2.72 bits per heavy atom. The summed E-state index contributed by atoms with van der Waals surface area (Å²) in [5.74, 6) is 0.304. The first kappa shape index (κ1) is 16.8. The molecule has 128 valence electrons. The summed E-state index contributed by atoms with van der Waals surface area (Å²) >= 11 is 0. The van der Waals surface area contributed by atoms with Gasteiger partial charge in [0.15, 0.2) is 5.82 Å². The molecular formula is C19H20N4O2. The fourth-order valence-corrected chi connectivity index (χ4v) is 2.45. The first-order valence-electron chi connectivity index (χ1n) is 8.12. The highest BCUT2D eigenvalue weighted by Crippen LogP contribution is 2.24. The van der Waals surface area contributed by atoms with Crippen LogP contribution in [0.4, 0.5) is 11.5 Å². The molecule has 0 aliphatic heterocycles. The lowest BCUT2D eigenvalue weighted by Crippen LogP contribution is -2.11. The minimum Gasteiger partial charge on any atom is -0.459 e. The van der Waals surface area contributed by atoms with E-state index >= 15 is 0 Å². The minimum atomic E-state index is -0.367. The summed E-state index contributed by atoms with van der Waals surface area (Å²) in [6, 6.07) is 10.9. The number of aromatic nitrogens is 2. The quantitative estimate of drug-likeness (QED) is 0.501. The summed E-state index contributed by atoms with van der Waals surface area (Å²) in [6.07, 6.45) is 1.76. The molecule has 0 amide bonds. The van der Waals surface area contributed by atoms with Crippen LogP contribution in [-0.4, -0.2) is 21.5 Å². The third-order valence-corrected chi connectivity index (χ3v) is 3.61. The number of aryl methyl sites for hydroxylation is 2. The van der Waals surface area contributed by atoms with Crippen LogP contribution in [0.3, 0.4) is 0 Å². The van der Waals surface area contributed by atoms with Crippen molar-refractivity contribution in [2.24, 2.45) is 10.2 Å². The molecule has 0 aliphatic carbocycles. The number of rotatable bonds is 4. The van der Waals surface area contributed by atoms with Gasteiger partial charge in [0.25, 0.3) is 0 Å². The molecule has 0 saturated carbocycles. The van der Waals surface area contributed by atoms with Gasteiger partial charge in [-0.3, -0.25) is 4.40 Å². The number of carbonyl (C=O) groups excluding carboxylic acids is 1. The molecule has 0 saturated heterocycles. The molecule has 3 rings (SSSR count). The SMILES string of the molecule is Cc1ccn2c(N=Nc3cccc(C(=O)OC(C)C)c3)c(C)nc2c1. The van der Waals surface area contributed by atoms with E-state index < -0.39 is 0 Å². The number of azo groups is 1. The number of ether oxygens (including phenoxy) is 1. The van der Waals surface area contributed by atoms with Gasteiger partial charge in [-0.1, -0.05) is 6.07 Å². The summed E-state index contributed by atoms with van der Waals surface area (Å²) in [5, 5.41) is 8.59. The highest BCUT2D eigenvalue weighted by molar-refractivity contribution is 5.90. The average molecular weight is 336 g/mol. The second-order valence-corrected chi connectivity index (χ2v) is 6.16. The molecule has 0 fully saturated rings. The zero-order chi connectivity index (χ0) is 18.0. The lowest BCUT2D eigenvalue weighted by molar-refractivity contribution is 0.0378. The average Bonchev–Trinajstić information content (AvgIpc) is 2.87. The van der Waals surface area contributed by atoms with E-state index in [4.69, 9.17) is 4.74 Å². The van der Waals surface area contributed by atoms with Crippen molar-refractivity contribution < 1.29 is 9.53 Å². The first-order valence-corrected chi connectivity index (χ1v) is 8.12. The second kappa shape index (κ2) is 6.84. The molecule has 0 spiro atoms. The van der Waals surface area contributed by atoms with Crippen molar-refractivity contribution in [1.82, 2.24) is 9.38 Å². The van der Waals surface area contributed by atoms with Gasteiger partial charge in [0, 0.05) is 6.20 Å². The highest BCUT2D eigenvalue weighted by atomic mass is 16.5. The largest absolute Gasteiger partial charge is 0.459 e. The third kappa shape index (κ3) is 3.74. The van der Waals surface area contributed by atoms with Crippen LogP contribution < -0.4 is 0 Å². The standard InChI is InChI=1S/C19H20N4O2/c1-12(2)25-19(24)15-6-5-7-16(11-15)21-22-18-14(4)20-17-10-13(3)8-9-23(17)18/h5-12H,1-4H3. The van der Waals surface area contributed by atoms with Crippen LogP contribution in [0.1, 0.15) is 35.5 Å². The summed E-state index contributed by atoms with van der Waals surface area (Å²) in [4.78, 5) is 16.5. The van der Waals surface area contributed by atoms with Gasteiger partial charge in [-0.25, -0.2) is 9.78 Å². The molecule has 2 aromatic heterocycles. The number of imidazole rings is 1. The summed E-state index contributed by atoms with van der Waals surface area (Å²) in [6.45, 7) is 7.55. The molecular weight excluding hydrogens is 316 g/mol. The van der Waals surface area contributed by atoms with Crippen LogP contribution >= 0.6 is 0 Å². The van der Waals surface area contributed by atoms with Crippen molar-refractivity contribution in [1.29, 1.82) is 0 Å². The molecule has 0 bridgehead atoms. The van der Waals surface area contributed by atoms with Crippen molar-refractivity contribution in [2.75, 3.05) is 0 Å². The van der Waals surface area contributed by atoms with Crippen LogP contribution in [0.5, 0.6) is 0 Å². The lowest BCUT2D eigenvalue weighted by atomic mass is 10.2. The minimum absolute atomic E-state index is 0.165. The van der Waals surface area contributed by atoms with Gasteiger partial charge >= 0.3 is 5.97 Å². The molecule has 0 radical (unpaired) electrons. The van der Waals surface area contributed by atoms with E-state index in [0.717, 1.165) is 16.9 Å². The van der Waals surface area contributed by atoms with E-state index in [1.54, 1.807) is 24.3 Å². The second-order valence-electron chi connectivity index (χ2n) is 6.16. The lowest BCUT2D eigenvalue weighted by Gasteiger charge is -2.07. The normalized spacial score (nSPS) is 11.6. The fraction of sp³-hybridized carbons (Fsp3) is 0.263. The van der Waals surface area contributed by atoms with Gasteiger partial charge < -0.3 is 4.74 Å². The molecule has 6 heteroatoms. The van der Waals surface area contributed by atoms with Crippen molar-refractivity contribution in [2.45, 2.75) is 33.8 Å². The topological polar surface area (TPSA) is 68.3 Å². The maximum atomic E-state index is 12.0. The van der Waals surface area contributed by atoms with E-state index in [9.17, 15) is 4.79 Å². The zero-order valence-corrected chi connectivity index (χ0v) is 14.7. The molecule has 25 heavy (non-hydrogen) atoms. The summed E-state index contributed by atoms with van der Waals surface area (Å²) in [5.41, 5.74) is 3.80. The Morgan fingerprint density at radius 1 is 1.16 bits per heavy atom. The van der Waals surface area contributed by atoms with Crippen LogP contribution in [0.15, 0.2) is 52.8 Å². The molecule has 3 aromatic rings. The zero-order valence-electron chi connectivity index (χ0n) is 14.7. The number of carbonyl (C=O) groups is 1. The number of hydrogen-bond acceptors (Lipinski definition) is 5. The van der Waals surface area contributed by atoms with Gasteiger partial charge in [0.2, 0.25) is 0 Å². The van der Waals surface area contributed by atoms with Crippen molar-refractivity contribution in [3.63, 3.8) is 0 Å². The Morgan fingerprint density at radius 2 is 1.96 bits per heavy atom. The van der Waals surface area contributed by atoms with Crippen molar-refractivity contribution >= 4 is 23.1 Å². The van der Waals surface area contributed by atoms with Crippen LogP contribution in [0.25, 0.3) is 5.65 Å². The molecule has 1 aromatic carbocycles. The Hall–Kier alpha value is -3.02. The van der Waals surface area contributed by atoms with Crippen LogP contribution in [0.2, 0.25) is 0 Å². The fourth-order valence-electron chi connectivity index (χ4n) is 2.45. The maximum absolute atomic E-state index is 12.0. The number of pyridine rings is 1. The Bertz CT molecular complexity index is 957. The third-order valence-electron chi connectivity index (χ3n) is 3.61. The Labute approximate surface area is 146 Å². The smallest absolute Gasteiger partial charge is 0.338 e. The molecule has 0 aliphatic rings.